The molecule has 0 fully saturated rings. The number of aryl methyl sites for hydroxylation is 1. The molecule has 4 heterocycles. The lowest BCUT2D eigenvalue weighted by atomic mass is 9.84. The van der Waals surface area contributed by atoms with Crippen LogP contribution in [0.3, 0.4) is 0 Å². The van der Waals surface area contributed by atoms with Gasteiger partial charge in [-0.15, -0.1) is 0 Å². The van der Waals surface area contributed by atoms with Crippen LogP contribution in [0.4, 0.5) is 0 Å². The van der Waals surface area contributed by atoms with E-state index < -0.39 is 6.10 Å². The molecule has 5 nitrogen and oxygen atoms in total. The zero-order valence-electron chi connectivity index (χ0n) is 12.7. The van der Waals surface area contributed by atoms with Gasteiger partial charge in [0.25, 0.3) is 0 Å². The molecule has 0 aliphatic carbocycles. The quantitative estimate of drug-likeness (QED) is 0.752. The Morgan fingerprint density at radius 1 is 1.17 bits per heavy atom. The first-order chi connectivity index (χ1) is 11.3. The van der Waals surface area contributed by atoms with Crippen molar-refractivity contribution >= 4 is 0 Å². The first-order valence-corrected chi connectivity index (χ1v) is 8.15. The highest BCUT2D eigenvalue weighted by molar-refractivity contribution is 5.69. The molecule has 3 atom stereocenters. The van der Waals surface area contributed by atoms with Crippen LogP contribution in [0.25, 0.3) is 11.3 Å². The molecule has 2 aliphatic heterocycles. The summed E-state index contributed by atoms with van der Waals surface area (Å²) < 4.78 is 4.17. The number of imidazole rings is 1. The second-order valence-electron chi connectivity index (χ2n) is 6.45. The molecule has 116 valence electrons. The van der Waals surface area contributed by atoms with Crippen molar-refractivity contribution in [3.05, 3.63) is 60.3 Å². The molecular weight excluding hydrogens is 288 g/mol. The average Bonchev–Trinajstić information content (AvgIpc) is 3.25. The number of aliphatic hydroxyl groups excluding tert-OH is 1. The van der Waals surface area contributed by atoms with Gasteiger partial charge in [0.05, 0.1) is 30.0 Å². The number of hydrogen-bond donors (Lipinski definition) is 1. The van der Waals surface area contributed by atoms with E-state index in [2.05, 4.69) is 38.9 Å². The van der Waals surface area contributed by atoms with Crippen LogP contribution < -0.4 is 0 Å². The molecule has 0 saturated carbocycles. The van der Waals surface area contributed by atoms with E-state index in [-0.39, 0.29) is 12.0 Å². The highest BCUT2D eigenvalue weighted by Crippen LogP contribution is 2.48. The molecule has 0 spiro atoms. The van der Waals surface area contributed by atoms with Crippen molar-refractivity contribution in [2.24, 2.45) is 5.92 Å². The summed E-state index contributed by atoms with van der Waals surface area (Å²) in [4.78, 5) is 4.33. The van der Waals surface area contributed by atoms with Crippen molar-refractivity contribution < 1.29 is 5.11 Å². The van der Waals surface area contributed by atoms with Crippen LogP contribution in [-0.2, 0) is 6.54 Å². The van der Waals surface area contributed by atoms with Crippen molar-refractivity contribution in [3.63, 3.8) is 0 Å². The van der Waals surface area contributed by atoms with Gasteiger partial charge < -0.3 is 9.67 Å². The smallest absolute Gasteiger partial charge is 0.101 e. The molecule has 0 unspecified atom stereocenters. The fourth-order valence-electron chi connectivity index (χ4n) is 4.28. The number of fused-ring (bicyclic) bond motifs is 4. The van der Waals surface area contributed by atoms with Crippen LogP contribution in [0.5, 0.6) is 0 Å². The number of nitrogens with zero attached hydrogens (tertiary/aromatic N) is 4. The van der Waals surface area contributed by atoms with E-state index >= 15 is 0 Å². The maximum atomic E-state index is 11.0. The lowest BCUT2D eigenvalue weighted by Gasteiger charge is -2.28. The SMILES string of the molecule is O[C@@H]1c2ccnn2CCC[C@H]1[C@@H]1c2ccccc2-c2cncn21. The van der Waals surface area contributed by atoms with Gasteiger partial charge in [-0.05, 0) is 24.5 Å². The zero-order chi connectivity index (χ0) is 15.4. The molecule has 1 aromatic carbocycles. The predicted octanol–water partition coefficient (Wildman–Crippen LogP) is 2.79. The third kappa shape index (κ3) is 1.77. The van der Waals surface area contributed by atoms with Crippen LogP contribution in [0.1, 0.15) is 36.2 Å². The highest BCUT2D eigenvalue weighted by atomic mass is 16.3. The van der Waals surface area contributed by atoms with Crippen LogP contribution >= 0.6 is 0 Å². The fraction of sp³-hybridized carbons (Fsp3) is 0.333. The molecule has 2 aliphatic rings. The van der Waals surface area contributed by atoms with Gasteiger partial charge >= 0.3 is 0 Å². The first-order valence-electron chi connectivity index (χ1n) is 8.15. The van der Waals surface area contributed by atoms with E-state index in [0.29, 0.717) is 0 Å². The van der Waals surface area contributed by atoms with Crippen LogP contribution in [0.15, 0.2) is 49.1 Å². The van der Waals surface area contributed by atoms with E-state index in [1.807, 2.05) is 23.3 Å². The Labute approximate surface area is 134 Å². The number of hydrogen-bond acceptors (Lipinski definition) is 3. The standard InChI is InChI=1S/C18H18N4O/c23-18-14(6-3-9-22-15(18)7-8-20-22)17-13-5-2-1-4-12(13)16-10-19-11-21(16)17/h1-2,4-5,7-8,10-11,14,17-18,23H,3,6,9H2/t14-,17-,18-/m0/s1. The summed E-state index contributed by atoms with van der Waals surface area (Å²) in [6.07, 6.45) is 7.10. The summed E-state index contributed by atoms with van der Waals surface area (Å²) in [5.74, 6) is 0.129. The van der Waals surface area contributed by atoms with Gasteiger partial charge in [0.15, 0.2) is 0 Å². The summed E-state index contributed by atoms with van der Waals surface area (Å²) in [5, 5.41) is 15.4. The minimum Gasteiger partial charge on any atom is -0.386 e. The van der Waals surface area contributed by atoms with Crippen molar-refractivity contribution in [2.75, 3.05) is 0 Å². The summed E-state index contributed by atoms with van der Waals surface area (Å²) >= 11 is 0. The van der Waals surface area contributed by atoms with Crippen molar-refractivity contribution in [1.29, 1.82) is 0 Å². The van der Waals surface area contributed by atoms with E-state index in [4.69, 9.17) is 0 Å². The molecule has 3 aromatic rings. The van der Waals surface area contributed by atoms with Gasteiger partial charge in [-0.3, -0.25) is 4.68 Å². The molecule has 5 rings (SSSR count). The van der Waals surface area contributed by atoms with Gasteiger partial charge in [0.2, 0.25) is 0 Å². The van der Waals surface area contributed by atoms with Gasteiger partial charge in [-0.2, -0.15) is 5.10 Å². The molecule has 0 saturated heterocycles. The second kappa shape index (κ2) is 4.80. The Balaban J connectivity index is 1.65. The Morgan fingerprint density at radius 2 is 2.09 bits per heavy atom. The Morgan fingerprint density at radius 3 is 3.04 bits per heavy atom. The number of benzene rings is 1. The largest absolute Gasteiger partial charge is 0.386 e. The molecule has 2 aromatic heterocycles. The molecule has 23 heavy (non-hydrogen) atoms. The minimum atomic E-state index is -0.508. The lowest BCUT2D eigenvalue weighted by molar-refractivity contribution is 0.0799. The molecule has 5 heteroatoms. The van der Waals surface area contributed by atoms with Crippen molar-refractivity contribution in [2.45, 2.75) is 31.5 Å². The van der Waals surface area contributed by atoms with Gasteiger partial charge in [0, 0.05) is 24.2 Å². The Hall–Kier alpha value is -2.40. The van der Waals surface area contributed by atoms with Gasteiger partial charge in [0.1, 0.15) is 6.10 Å². The van der Waals surface area contributed by atoms with E-state index in [9.17, 15) is 5.11 Å². The monoisotopic (exact) mass is 306 g/mol. The van der Waals surface area contributed by atoms with Crippen LogP contribution in [0, 0.1) is 5.92 Å². The second-order valence-corrected chi connectivity index (χ2v) is 6.45. The third-order valence-electron chi connectivity index (χ3n) is 5.29. The third-order valence-corrected chi connectivity index (χ3v) is 5.29. The van der Waals surface area contributed by atoms with Gasteiger partial charge in [-0.25, -0.2) is 4.98 Å². The molecule has 0 bridgehead atoms. The van der Waals surface area contributed by atoms with E-state index in [1.165, 1.54) is 11.1 Å². The normalized spacial score (nSPS) is 25.5. The highest BCUT2D eigenvalue weighted by Gasteiger charge is 2.39. The van der Waals surface area contributed by atoms with Crippen molar-refractivity contribution in [1.82, 2.24) is 19.3 Å². The number of aliphatic hydroxyl groups is 1. The lowest BCUT2D eigenvalue weighted by Crippen LogP contribution is -2.23. The molecule has 0 radical (unpaired) electrons. The zero-order valence-corrected chi connectivity index (χ0v) is 12.7. The van der Waals surface area contributed by atoms with Crippen molar-refractivity contribution in [3.8, 4) is 11.3 Å². The summed E-state index contributed by atoms with van der Waals surface area (Å²) in [6, 6.07) is 10.6. The van der Waals surface area contributed by atoms with E-state index in [0.717, 1.165) is 30.8 Å². The van der Waals surface area contributed by atoms with Crippen LogP contribution in [0.2, 0.25) is 0 Å². The summed E-state index contributed by atoms with van der Waals surface area (Å²) in [5.41, 5.74) is 4.61. The number of aromatic nitrogens is 4. The summed E-state index contributed by atoms with van der Waals surface area (Å²) in [7, 11) is 0. The summed E-state index contributed by atoms with van der Waals surface area (Å²) in [6.45, 7) is 0.876. The fourth-order valence-corrected chi connectivity index (χ4v) is 4.28. The van der Waals surface area contributed by atoms with E-state index in [1.54, 1.807) is 6.20 Å². The maximum absolute atomic E-state index is 11.0. The Kier molecular flexibility index (Phi) is 2.73. The molecule has 0 amide bonds. The average molecular weight is 306 g/mol. The molecular formula is C18H18N4O. The van der Waals surface area contributed by atoms with Gasteiger partial charge in [-0.1, -0.05) is 24.3 Å². The topological polar surface area (TPSA) is 55.9 Å². The molecule has 1 N–H and O–H groups in total. The van der Waals surface area contributed by atoms with Crippen LogP contribution in [-0.4, -0.2) is 24.4 Å². The minimum absolute atomic E-state index is 0.129. The Bertz CT molecular complexity index is 865. The maximum Gasteiger partial charge on any atom is 0.101 e. The predicted molar refractivity (Wildman–Crippen MR) is 85.7 cm³/mol. The number of rotatable bonds is 1. The first kappa shape index (κ1) is 13.1.